The van der Waals surface area contributed by atoms with Crippen LogP contribution in [-0.4, -0.2) is 42.5 Å². The summed E-state index contributed by atoms with van der Waals surface area (Å²) >= 11 is 0. The minimum atomic E-state index is -0.672. The van der Waals surface area contributed by atoms with Crippen LogP contribution >= 0.6 is 0 Å². The SMILES string of the molecule is OCC1CN(c2ccnc3c(F)cc(F)cc23)CCO1. The monoisotopic (exact) mass is 280 g/mol. The zero-order chi connectivity index (χ0) is 14.1. The summed E-state index contributed by atoms with van der Waals surface area (Å²) in [7, 11) is 0. The fourth-order valence-electron chi connectivity index (χ4n) is 2.49. The van der Waals surface area contributed by atoms with Gasteiger partial charge >= 0.3 is 0 Å². The van der Waals surface area contributed by atoms with Crippen molar-refractivity contribution in [2.75, 3.05) is 31.2 Å². The van der Waals surface area contributed by atoms with E-state index in [1.807, 2.05) is 4.90 Å². The quantitative estimate of drug-likeness (QED) is 0.909. The molecular formula is C14H14F2N2O2. The molecular weight excluding hydrogens is 266 g/mol. The first-order valence-electron chi connectivity index (χ1n) is 6.40. The largest absolute Gasteiger partial charge is 0.394 e. The van der Waals surface area contributed by atoms with Gasteiger partial charge in [0.05, 0.1) is 19.3 Å². The predicted octanol–water partition coefficient (Wildman–Crippen LogP) is 1.71. The highest BCUT2D eigenvalue weighted by Crippen LogP contribution is 2.29. The number of pyridine rings is 1. The van der Waals surface area contributed by atoms with Crippen LogP contribution in [0.5, 0.6) is 0 Å². The molecule has 0 bridgehead atoms. The molecule has 0 saturated carbocycles. The van der Waals surface area contributed by atoms with Crippen LogP contribution < -0.4 is 4.90 Å². The molecule has 3 rings (SSSR count). The number of nitrogens with zero attached hydrogens (tertiary/aromatic N) is 2. The molecule has 1 aromatic heterocycles. The highest BCUT2D eigenvalue weighted by molar-refractivity contribution is 5.92. The molecule has 6 heteroatoms. The van der Waals surface area contributed by atoms with Gasteiger partial charge in [0.2, 0.25) is 0 Å². The first-order valence-corrected chi connectivity index (χ1v) is 6.40. The van der Waals surface area contributed by atoms with E-state index in [-0.39, 0.29) is 18.2 Å². The molecule has 1 N–H and O–H groups in total. The van der Waals surface area contributed by atoms with Crippen molar-refractivity contribution in [3.8, 4) is 0 Å². The van der Waals surface area contributed by atoms with Crippen molar-refractivity contribution in [1.29, 1.82) is 0 Å². The summed E-state index contributed by atoms with van der Waals surface area (Å²) in [5.74, 6) is -1.30. The van der Waals surface area contributed by atoms with E-state index in [9.17, 15) is 13.9 Å². The maximum Gasteiger partial charge on any atom is 0.152 e. The first kappa shape index (κ1) is 13.2. The molecule has 0 spiro atoms. The van der Waals surface area contributed by atoms with Gasteiger partial charge in [0.1, 0.15) is 11.3 Å². The van der Waals surface area contributed by atoms with E-state index in [1.54, 1.807) is 6.07 Å². The van der Waals surface area contributed by atoms with Crippen molar-refractivity contribution in [2.45, 2.75) is 6.10 Å². The molecule has 1 aromatic carbocycles. The van der Waals surface area contributed by atoms with Crippen LogP contribution in [0.2, 0.25) is 0 Å². The molecule has 0 aliphatic carbocycles. The average molecular weight is 280 g/mol. The van der Waals surface area contributed by atoms with Crippen LogP contribution in [0.4, 0.5) is 14.5 Å². The van der Waals surface area contributed by atoms with Gasteiger partial charge in [-0.05, 0) is 12.1 Å². The van der Waals surface area contributed by atoms with Gasteiger partial charge in [0.15, 0.2) is 5.82 Å². The summed E-state index contributed by atoms with van der Waals surface area (Å²) in [5, 5.41) is 9.61. The summed E-state index contributed by atoms with van der Waals surface area (Å²) in [6.07, 6.45) is 1.22. The van der Waals surface area contributed by atoms with Gasteiger partial charge < -0.3 is 14.7 Å². The third-order valence-electron chi connectivity index (χ3n) is 3.42. The second kappa shape index (κ2) is 5.30. The topological polar surface area (TPSA) is 45.6 Å². The van der Waals surface area contributed by atoms with E-state index in [4.69, 9.17) is 4.74 Å². The van der Waals surface area contributed by atoms with Crippen LogP contribution in [0.25, 0.3) is 10.9 Å². The summed E-state index contributed by atoms with van der Waals surface area (Å²) in [6.45, 7) is 1.47. The highest BCUT2D eigenvalue weighted by atomic mass is 19.1. The zero-order valence-electron chi connectivity index (χ0n) is 10.7. The molecule has 1 saturated heterocycles. The Morgan fingerprint density at radius 2 is 2.25 bits per heavy atom. The van der Waals surface area contributed by atoms with E-state index in [0.29, 0.717) is 30.8 Å². The van der Waals surface area contributed by atoms with Gasteiger partial charge in [-0.2, -0.15) is 0 Å². The number of benzene rings is 1. The Hall–Kier alpha value is -1.79. The lowest BCUT2D eigenvalue weighted by molar-refractivity contribution is 0.00364. The van der Waals surface area contributed by atoms with E-state index in [0.717, 1.165) is 6.07 Å². The molecule has 2 heterocycles. The Bertz CT molecular complexity index is 636. The van der Waals surface area contributed by atoms with Gasteiger partial charge in [-0.25, -0.2) is 8.78 Å². The summed E-state index contributed by atoms with van der Waals surface area (Å²) in [5.41, 5.74) is 0.853. The maximum atomic E-state index is 13.8. The van der Waals surface area contributed by atoms with Crippen LogP contribution in [0.15, 0.2) is 24.4 Å². The number of aromatic nitrogens is 1. The number of hydrogen-bond acceptors (Lipinski definition) is 4. The fourth-order valence-corrected chi connectivity index (χ4v) is 2.49. The van der Waals surface area contributed by atoms with E-state index in [1.165, 1.54) is 12.3 Å². The van der Waals surface area contributed by atoms with Crippen LogP contribution in [-0.2, 0) is 4.74 Å². The summed E-state index contributed by atoms with van der Waals surface area (Å²) in [6, 6.07) is 3.83. The van der Waals surface area contributed by atoms with Crippen molar-refractivity contribution in [2.24, 2.45) is 0 Å². The lowest BCUT2D eigenvalue weighted by Crippen LogP contribution is -2.44. The lowest BCUT2D eigenvalue weighted by Gasteiger charge is -2.34. The Labute approximate surface area is 114 Å². The van der Waals surface area contributed by atoms with Crippen molar-refractivity contribution in [1.82, 2.24) is 4.98 Å². The molecule has 4 nitrogen and oxygen atoms in total. The fraction of sp³-hybridized carbons (Fsp3) is 0.357. The lowest BCUT2D eigenvalue weighted by atomic mass is 10.1. The second-order valence-electron chi connectivity index (χ2n) is 4.74. The van der Waals surface area contributed by atoms with Gasteiger partial charge in [0, 0.05) is 36.4 Å². The number of aliphatic hydroxyl groups excluding tert-OH is 1. The van der Waals surface area contributed by atoms with Gasteiger partial charge in [-0.15, -0.1) is 0 Å². The molecule has 20 heavy (non-hydrogen) atoms. The normalized spacial score (nSPS) is 19.6. The number of aliphatic hydroxyl groups is 1. The molecule has 106 valence electrons. The van der Waals surface area contributed by atoms with E-state index in [2.05, 4.69) is 4.98 Å². The van der Waals surface area contributed by atoms with Crippen molar-refractivity contribution in [3.05, 3.63) is 36.0 Å². The minimum absolute atomic E-state index is 0.0811. The summed E-state index contributed by atoms with van der Waals surface area (Å²) < 4.78 is 32.6. The first-order chi connectivity index (χ1) is 9.69. The molecule has 1 aliphatic heterocycles. The molecule has 1 aliphatic rings. The second-order valence-corrected chi connectivity index (χ2v) is 4.74. The average Bonchev–Trinajstić information content (AvgIpc) is 2.46. The molecule has 0 radical (unpaired) electrons. The van der Waals surface area contributed by atoms with Crippen molar-refractivity contribution in [3.63, 3.8) is 0 Å². The number of anilines is 1. The van der Waals surface area contributed by atoms with Gasteiger partial charge in [-0.3, -0.25) is 4.98 Å². The Morgan fingerprint density at radius 1 is 1.40 bits per heavy atom. The Kier molecular flexibility index (Phi) is 3.50. The molecule has 1 unspecified atom stereocenters. The number of fused-ring (bicyclic) bond motifs is 1. The van der Waals surface area contributed by atoms with Crippen LogP contribution in [0.1, 0.15) is 0 Å². The molecule has 1 fully saturated rings. The van der Waals surface area contributed by atoms with E-state index >= 15 is 0 Å². The standard InChI is InChI=1S/C14H14F2N2O2/c15-9-5-11-13(1-2-17-14(11)12(16)6-9)18-3-4-20-10(7-18)8-19/h1-2,5-6,10,19H,3-4,7-8H2. The third-order valence-corrected chi connectivity index (χ3v) is 3.42. The molecule has 2 aromatic rings. The Balaban J connectivity index is 2.07. The van der Waals surface area contributed by atoms with Crippen molar-refractivity contribution < 1.29 is 18.6 Å². The molecule has 0 amide bonds. The number of halogens is 2. The highest BCUT2D eigenvalue weighted by Gasteiger charge is 2.22. The van der Waals surface area contributed by atoms with Crippen molar-refractivity contribution >= 4 is 16.6 Å². The van der Waals surface area contributed by atoms with E-state index < -0.39 is 11.6 Å². The number of hydrogen-bond donors (Lipinski definition) is 1. The van der Waals surface area contributed by atoms with Gasteiger partial charge in [-0.1, -0.05) is 0 Å². The minimum Gasteiger partial charge on any atom is -0.394 e. The predicted molar refractivity (Wildman–Crippen MR) is 70.7 cm³/mol. The number of rotatable bonds is 2. The van der Waals surface area contributed by atoms with Crippen LogP contribution in [0, 0.1) is 11.6 Å². The number of morpholine rings is 1. The zero-order valence-corrected chi connectivity index (χ0v) is 10.7. The molecule has 1 atom stereocenters. The maximum absolute atomic E-state index is 13.8. The smallest absolute Gasteiger partial charge is 0.152 e. The number of ether oxygens (including phenoxy) is 1. The van der Waals surface area contributed by atoms with Crippen LogP contribution in [0.3, 0.4) is 0 Å². The third kappa shape index (κ3) is 2.32. The van der Waals surface area contributed by atoms with Gasteiger partial charge in [0.25, 0.3) is 0 Å². The summed E-state index contributed by atoms with van der Waals surface area (Å²) in [4.78, 5) is 5.92. The Morgan fingerprint density at radius 3 is 3.05 bits per heavy atom.